The van der Waals surface area contributed by atoms with Crippen LogP contribution in [0.1, 0.15) is 20.8 Å². The molecule has 0 heterocycles. The minimum absolute atomic E-state index is 0.142. The van der Waals surface area contributed by atoms with Crippen LogP contribution in [0, 0.1) is 0 Å². The number of hydrogen-bond acceptors (Lipinski definition) is 4. The Morgan fingerprint density at radius 2 is 1.27 bits per heavy atom. The molecule has 6 heteroatoms. The Hall–Kier alpha value is -2.12. The van der Waals surface area contributed by atoms with Gasteiger partial charge in [-0.1, -0.05) is 97.4 Å². The van der Waals surface area contributed by atoms with E-state index in [1.807, 2.05) is 36.4 Å². The zero-order valence-corrected chi connectivity index (χ0v) is 22.3. The second-order valence-corrected chi connectivity index (χ2v) is 14.5. The van der Waals surface area contributed by atoms with E-state index in [-0.39, 0.29) is 16.5 Å². The molecular formula is C27H33BrO4Si. The first kappa shape index (κ1) is 25.5. The van der Waals surface area contributed by atoms with Crippen molar-refractivity contribution in [2.75, 3.05) is 20.3 Å². The zero-order valence-electron chi connectivity index (χ0n) is 19.7. The third-order valence-electron chi connectivity index (χ3n) is 5.77. The van der Waals surface area contributed by atoms with Crippen LogP contribution in [-0.2, 0) is 4.43 Å². The van der Waals surface area contributed by atoms with Gasteiger partial charge in [-0.25, -0.2) is 0 Å². The highest BCUT2D eigenvalue weighted by Gasteiger charge is 2.50. The third-order valence-corrected chi connectivity index (χ3v) is 11.7. The summed E-state index contributed by atoms with van der Waals surface area (Å²) in [5.41, 5.74) is 0. The highest BCUT2D eigenvalue weighted by Crippen LogP contribution is 2.37. The fourth-order valence-electron chi connectivity index (χ4n) is 4.04. The van der Waals surface area contributed by atoms with Crippen LogP contribution >= 0.6 is 15.9 Å². The van der Waals surface area contributed by atoms with Gasteiger partial charge in [0.2, 0.25) is 0 Å². The maximum atomic E-state index is 11.0. The standard InChI is InChI=1S/C27H33BrO4Si/c1-27(2,3)33(23-11-7-5-8-12-23,24-13-9-6-10-14-24)32-20-26(29)25(28)19-31-22-17-15-21(30-4)16-18-22/h5-18,25-26,29H,19-20H2,1-4H3/t25-,26+/m1/s1. The molecular weight excluding hydrogens is 496 g/mol. The minimum Gasteiger partial charge on any atom is -0.497 e. The van der Waals surface area contributed by atoms with E-state index in [1.54, 1.807) is 7.11 Å². The molecule has 0 aromatic heterocycles. The van der Waals surface area contributed by atoms with Crippen molar-refractivity contribution in [1.29, 1.82) is 0 Å². The second-order valence-electron chi connectivity index (χ2n) is 9.04. The molecule has 0 amide bonds. The van der Waals surface area contributed by atoms with E-state index >= 15 is 0 Å². The van der Waals surface area contributed by atoms with Crippen LogP contribution in [0.15, 0.2) is 84.9 Å². The molecule has 0 aliphatic carbocycles. The van der Waals surface area contributed by atoms with Crippen LogP contribution in [-0.4, -0.2) is 44.7 Å². The summed E-state index contributed by atoms with van der Waals surface area (Å²) in [6.07, 6.45) is -0.732. The van der Waals surface area contributed by atoms with Crippen molar-refractivity contribution in [1.82, 2.24) is 0 Å². The molecule has 0 fully saturated rings. The predicted molar refractivity (Wildman–Crippen MR) is 141 cm³/mol. The molecule has 33 heavy (non-hydrogen) atoms. The van der Waals surface area contributed by atoms with E-state index in [0.29, 0.717) is 6.61 Å². The van der Waals surface area contributed by atoms with Gasteiger partial charge in [-0.2, -0.15) is 0 Å². The Morgan fingerprint density at radius 1 is 0.788 bits per heavy atom. The molecule has 0 aliphatic heterocycles. The lowest BCUT2D eigenvalue weighted by atomic mass is 10.2. The van der Waals surface area contributed by atoms with Crippen molar-refractivity contribution < 1.29 is 19.0 Å². The summed E-state index contributed by atoms with van der Waals surface area (Å²) in [7, 11) is -1.06. The Morgan fingerprint density at radius 3 is 1.73 bits per heavy atom. The molecule has 1 N–H and O–H groups in total. The Labute approximate surface area is 206 Å². The first-order valence-corrected chi connectivity index (χ1v) is 13.9. The SMILES string of the molecule is COc1ccc(OC[C@@H](Br)[C@@H](O)CO[Si](c2ccccc2)(c2ccccc2)C(C)(C)C)cc1. The van der Waals surface area contributed by atoms with Crippen molar-refractivity contribution >= 4 is 34.6 Å². The van der Waals surface area contributed by atoms with Crippen LogP contribution in [0.2, 0.25) is 5.04 Å². The molecule has 3 aromatic carbocycles. The first-order valence-electron chi connectivity index (χ1n) is 11.1. The first-order chi connectivity index (χ1) is 15.8. The van der Waals surface area contributed by atoms with Crippen molar-refractivity contribution in [2.24, 2.45) is 0 Å². The number of aliphatic hydroxyl groups is 1. The van der Waals surface area contributed by atoms with E-state index in [0.717, 1.165) is 11.5 Å². The van der Waals surface area contributed by atoms with Gasteiger partial charge in [0, 0.05) is 0 Å². The van der Waals surface area contributed by atoms with Crippen LogP contribution < -0.4 is 19.8 Å². The molecule has 0 spiro atoms. The molecule has 2 atom stereocenters. The lowest BCUT2D eigenvalue weighted by Gasteiger charge is -2.43. The van der Waals surface area contributed by atoms with Crippen molar-refractivity contribution in [3.05, 3.63) is 84.9 Å². The van der Waals surface area contributed by atoms with E-state index in [1.165, 1.54) is 10.4 Å². The Balaban J connectivity index is 1.77. The number of alkyl halides is 1. The summed E-state index contributed by atoms with van der Waals surface area (Å²) < 4.78 is 17.8. The van der Waals surface area contributed by atoms with Gasteiger partial charge in [0.1, 0.15) is 18.1 Å². The van der Waals surface area contributed by atoms with Gasteiger partial charge >= 0.3 is 0 Å². The van der Waals surface area contributed by atoms with Crippen LogP contribution in [0.3, 0.4) is 0 Å². The summed E-state index contributed by atoms with van der Waals surface area (Å²) in [6, 6.07) is 28.3. The maximum Gasteiger partial charge on any atom is 0.261 e. The fourth-order valence-corrected chi connectivity index (χ4v) is 8.90. The fraction of sp³-hybridized carbons (Fsp3) is 0.333. The number of rotatable bonds is 10. The zero-order chi connectivity index (χ0) is 23.9. The average Bonchev–Trinajstić information content (AvgIpc) is 2.83. The van der Waals surface area contributed by atoms with Gasteiger partial charge in [0.05, 0.1) is 24.6 Å². The summed E-state index contributed by atoms with van der Waals surface area (Å²) in [5.74, 6) is 1.50. The van der Waals surface area contributed by atoms with Crippen molar-refractivity contribution in [3.8, 4) is 11.5 Å². The van der Waals surface area contributed by atoms with Crippen LogP contribution in [0.5, 0.6) is 11.5 Å². The molecule has 0 radical (unpaired) electrons. The topological polar surface area (TPSA) is 47.9 Å². The quantitative estimate of drug-likeness (QED) is 0.304. The lowest BCUT2D eigenvalue weighted by molar-refractivity contribution is 0.0887. The highest BCUT2D eigenvalue weighted by atomic mass is 79.9. The normalized spacial score (nSPS) is 13.9. The number of aliphatic hydroxyl groups excluding tert-OH is 1. The van der Waals surface area contributed by atoms with E-state index < -0.39 is 14.4 Å². The summed E-state index contributed by atoms with van der Waals surface area (Å²) in [6.45, 7) is 7.20. The Bertz CT molecular complexity index is 935. The van der Waals surface area contributed by atoms with Gasteiger partial charge in [0.15, 0.2) is 0 Å². The third kappa shape index (κ3) is 6.06. The summed E-state index contributed by atoms with van der Waals surface area (Å²) >= 11 is 3.60. The van der Waals surface area contributed by atoms with E-state index in [4.69, 9.17) is 13.9 Å². The molecule has 3 rings (SSSR count). The molecule has 0 unspecified atom stereocenters. The molecule has 0 bridgehead atoms. The number of benzene rings is 3. The van der Waals surface area contributed by atoms with E-state index in [9.17, 15) is 5.11 Å². The van der Waals surface area contributed by atoms with Gasteiger partial charge in [-0.3, -0.25) is 0 Å². The number of hydrogen-bond donors (Lipinski definition) is 1. The smallest absolute Gasteiger partial charge is 0.261 e. The molecule has 0 aliphatic rings. The predicted octanol–water partition coefficient (Wildman–Crippen LogP) is 4.78. The summed E-state index contributed by atoms with van der Waals surface area (Å²) in [5, 5.41) is 13.2. The molecule has 4 nitrogen and oxygen atoms in total. The highest BCUT2D eigenvalue weighted by molar-refractivity contribution is 9.09. The van der Waals surface area contributed by atoms with E-state index in [2.05, 4.69) is 85.2 Å². The van der Waals surface area contributed by atoms with Crippen molar-refractivity contribution in [2.45, 2.75) is 36.7 Å². The van der Waals surface area contributed by atoms with Gasteiger partial charge in [0.25, 0.3) is 8.32 Å². The number of halogens is 1. The molecule has 0 saturated carbocycles. The number of ether oxygens (including phenoxy) is 2. The molecule has 3 aromatic rings. The monoisotopic (exact) mass is 528 g/mol. The second kappa shape index (κ2) is 11.3. The largest absolute Gasteiger partial charge is 0.497 e. The average molecular weight is 530 g/mol. The lowest BCUT2D eigenvalue weighted by Crippen LogP contribution is -2.67. The molecule has 0 saturated heterocycles. The summed E-state index contributed by atoms with van der Waals surface area (Å²) in [4.78, 5) is -0.280. The van der Waals surface area contributed by atoms with Gasteiger partial charge < -0.3 is 19.0 Å². The maximum absolute atomic E-state index is 11.0. The van der Waals surface area contributed by atoms with Crippen LogP contribution in [0.25, 0.3) is 0 Å². The molecule has 176 valence electrons. The Kier molecular flexibility index (Phi) is 8.76. The van der Waals surface area contributed by atoms with Crippen molar-refractivity contribution in [3.63, 3.8) is 0 Å². The van der Waals surface area contributed by atoms with Crippen LogP contribution in [0.4, 0.5) is 0 Å². The number of methoxy groups -OCH3 is 1. The minimum atomic E-state index is -2.69. The van der Waals surface area contributed by atoms with Gasteiger partial charge in [-0.15, -0.1) is 0 Å². The van der Waals surface area contributed by atoms with Gasteiger partial charge in [-0.05, 0) is 39.7 Å².